The number of alkyl halides is 3. The highest BCUT2D eigenvalue weighted by atomic mass is 19.4. The van der Waals surface area contributed by atoms with Gasteiger partial charge in [0, 0.05) is 5.92 Å². The molecule has 1 aromatic rings. The SMILES string of the molecule is C#CC(C)c1cc(F)cc(C(F)(F)F)c1. The summed E-state index contributed by atoms with van der Waals surface area (Å²) in [5.74, 6) is 0.784. The van der Waals surface area contributed by atoms with Crippen LogP contribution in [0.25, 0.3) is 0 Å². The van der Waals surface area contributed by atoms with E-state index < -0.39 is 23.5 Å². The van der Waals surface area contributed by atoms with Gasteiger partial charge in [0.1, 0.15) is 5.82 Å². The molecule has 4 heteroatoms. The number of terminal acetylenes is 1. The topological polar surface area (TPSA) is 0 Å². The molecule has 0 fully saturated rings. The standard InChI is InChI=1S/C11H8F4/c1-3-7(2)8-4-9(11(13,14)15)6-10(12)5-8/h1,4-7H,2H3. The molecule has 1 aromatic carbocycles. The number of hydrogen-bond donors (Lipinski definition) is 0. The van der Waals surface area contributed by atoms with Gasteiger partial charge >= 0.3 is 6.18 Å². The van der Waals surface area contributed by atoms with Crippen molar-refractivity contribution < 1.29 is 17.6 Å². The first-order valence-corrected chi connectivity index (χ1v) is 4.18. The Morgan fingerprint density at radius 1 is 1.27 bits per heavy atom. The van der Waals surface area contributed by atoms with Crippen LogP contribution in [-0.4, -0.2) is 0 Å². The van der Waals surface area contributed by atoms with Crippen LogP contribution in [0.4, 0.5) is 17.6 Å². The molecule has 0 heterocycles. The van der Waals surface area contributed by atoms with E-state index in [2.05, 4.69) is 5.92 Å². The number of halogens is 4. The third-order valence-corrected chi connectivity index (χ3v) is 2.00. The third kappa shape index (κ3) is 2.72. The van der Waals surface area contributed by atoms with E-state index in [0.717, 1.165) is 12.1 Å². The molecule has 15 heavy (non-hydrogen) atoms. The van der Waals surface area contributed by atoms with Gasteiger partial charge in [-0.3, -0.25) is 0 Å². The molecule has 0 bridgehead atoms. The second kappa shape index (κ2) is 3.93. The van der Waals surface area contributed by atoms with E-state index in [4.69, 9.17) is 6.42 Å². The van der Waals surface area contributed by atoms with Crippen molar-refractivity contribution in [2.75, 3.05) is 0 Å². The highest BCUT2D eigenvalue weighted by Gasteiger charge is 2.31. The molecule has 0 aliphatic rings. The summed E-state index contributed by atoms with van der Waals surface area (Å²) in [5.41, 5.74) is -0.857. The summed E-state index contributed by atoms with van der Waals surface area (Å²) >= 11 is 0. The number of hydrogen-bond acceptors (Lipinski definition) is 0. The van der Waals surface area contributed by atoms with Crippen LogP contribution < -0.4 is 0 Å². The molecule has 0 saturated heterocycles. The summed E-state index contributed by atoms with van der Waals surface area (Å²) in [7, 11) is 0. The number of benzene rings is 1. The Morgan fingerprint density at radius 2 is 1.87 bits per heavy atom. The molecule has 0 aliphatic carbocycles. The van der Waals surface area contributed by atoms with Crippen molar-refractivity contribution in [3.8, 4) is 12.3 Å². The van der Waals surface area contributed by atoms with Gasteiger partial charge in [0.15, 0.2) is 0 Å². The van der Waals surface area contributed by atoms with Gasteiger partial charge in [-0.05, 0) is 30.7 Å². The molecule has 0 amide bonds. The molecule has 0 nitrogen and oxygen atoms in total. The van der Waals surface area contributed by atoms with E-state index in [1.807, 2.05) is 0 Å². The van der Waals surface area contributed by atoms with E-state index in [9.17, 15) is 17.6 Å². The van der Waals surface area contributed by atoms with E-state index in [1.54, 1.807) is 0 Å². The van der Waals surface area contributed by atoms with Crippen LogP contribution in [-0.2, 0) is 6.18 Å². The van der Waals surface area contributed by atoms with Crippen molar-refractivity contribution >= 4 is 0 Å². The monoisotopic (exact) mass is 216 g/mol. The average Bonchev–Trinajstić information content (AvgIpc) is 2.14. The lowest BCUT2D eigenvalue weighted by molar-refractivity contribution is -0.137. The summed E-state index contributed by atoms with van der Waals surface area (Å²) in [6.07, 6.45) is 0.509. The van der Waals surface area contributed by atoms with Gasteiger partial charge in [-0.2, -0.15) is 13.2 Å². The second-order valence-corrected chi connectivity index (χ2v) is 3.16. The Balaban J connectivity index is 3.24. The molecular formula is C11H8F4. The van der Waals surface area contributed by atoms with Gasteiger partial charge in [-0.15, -0.1) is 6.42 Å². The molecule has 0 N–H and O–H groups in total. The van der Waals surface area contributed by atoms with E-state index in [1.165, 1.54) is 6.92 Å². The highest BCUT2D eigenvalue weighted by molar-refractivity contribution is 5.32. The van der Waals surface area contributed by atoms with Crippen molar-refractivity contribution in [2.45, 2.75) is 19.0 Å². The Hall–Kier alpha value is -1.50. The van der Waals surface area contributed by atoms with Crippen LogP contribution in [0.5, 0.6) is 0 Å². The molecule has 1 atom stereocenters. The minimum Gasteiger partial charge on any atom is -0.207 e. The van der Waals surface area contributed by atoms with Crippen LogP contribution in [0.1, 0.15) is 24.0 Å². The summed E-state index contributed by atoms with van der Waals surface area (Å²) in [6.45, 7) is 1.54. The first kappa shape index (κ1) is 11.6. The lowest BCUT2D eigenvalue weighted by Gasteiger charge is -2.10. The maximum absolute atomic E-state index is 12.9. The summed E-state index contributed by atoms with van der Waals surface area (Å²) < 4.78 is 49.8. The van der Waals surface area contributed by atoms with Crippen LogP contribution >= 0.6 is 0 Å². The Bertz CT molecular complexity index is 398. The summed E-state index contributed by atoms with van der Waals surface area (Å²) in [6, 6.07) is 2.33. The molecule has 0 saturated carbocycles. The molecule has 0 spiro atoms. The fourth-order valence-corrected chi connectivity index (χ4v) is 1.12. The second-order valence-electron chi connectivity index (χ2n) is 3.16. The smallest absolute Gasteiger partial charge is 0.207 e. The molecule has 0 aliphatic heterocycles. The van der Waals surface area contributed by atoms with Crippen molar-refractivity contribution in [3.63, 3.8) is 0 Å². The van der Waals surface area contributed by atoms with Crippen LogP contribution in [0.15, 0.2) is 18.2 Å². The molecule has 0 aromatic heterocycles. The van der Waals surface area contributed by atoms with Crippen LogP contribution in [0.2, 0.25) is 0 Å². The maximum Gasteiger partial charge on any atom is 0.416 e. The molecule has 1 rings (SSSR count). The van der Waals surface area contributed by atoms with E-state index in [-0.39, 0.29) is 5.56 Å². The maximum atomic E-state index is 12.9. The summed E-state index contributed by atoms with van der Waals surface area (Å²) in [5, 5.41) is 0. The predicted octanol–water partition coefficient (Wildman–Crippen LogP) is 3.58. The zero-order valence-corrected chi connectivity index (χ0v) is 7.90. The molecule has 80 valence electrons. The first-order chi connectivity index (χ1) is 6.84. The van der Waals surface area contributed by atoms with Crippen molar-refractivity contribution in [3.05, 3.63) is 35.1 Å². The Kier molecular flexibility index (Phi) is 3.04. The molecule has 0 radical (unpaired) electrons. The minimum absolute atomic E-state index is 0.157. The molecular weight excluding hydrogens is 208 g/mol. The van der Waals surface area contributed by atoms with Gasteiger partial charge < -0.3 is 0 Å². The van der Waals surface area contributed by atoms with E-state index in [0.29, 0.717) is 6.07 Å². The number of rotatable bonds is 1. The quantitative estimate of drug-likeness (QED) is 0.497. The van der Waals surface area contributed by atoms with Crippen molar-refractivity contribution in [1.29, 1.82) is 0 Å². The van der Waals surface area contributed by atoms with Crippen molar-refractivity contribution in [2.24, 2.45) is 0 Å². The Labute approximate surface area is 84.9 Å². The minimum atomic E-state index is -4.55. The Morgan fingerprint density at radius 3 is 2.33 bits per heavy atom. The molecule has 1 unspecified atom stereocenters. The van der Waals surface area contributed by atoms with Gasteiger partial charge in [-0.25, -0.2) is 4.39 Å². The highest BCUT2D eigenvalue weighted by Crippen LogP contribution is 2.31. The van der Waals surface area contributed by atoms with Gasteiger partial charge in [-0.1, -0.05) is 5.92 Å². The van der Waals surface area contributed by atoms with Crippen LogP contribution in [0, 0.1) is 18.2 Å². The summed E-state index contributed by atoms with van der Waals surface area (Å²) in [4.78, 5) is 0. The van der Waals surface area contributed by atoms with Crippen molar-refractivity contribution in [1.82, 2.24) is 0 Å². The fourth-order valence-electron chi connectivity index (χ4n) is 1.12. The zero-order chi connectivity index (χ0) is 11.6. The zero-order valence-electron chi connectivity index (χ0n) is 7.90. The normalized spacial score (nSPS) is 13.3. The van der Waals surface area contributed by atoms with Gasteiger partial charge in [0.05, 0.1) is 5.56 Å². The van der Waals surface area contributed by atoms with Gasteiger partial charge in [0.25, 0.3) is 0 Å². The fraction of sp³-hybridized carbons (Fsp3) is 0.273. The third-order valence-electron chi connectivity index (χ3n) is 2.00. The van der Waals surface area contributed by atoms with Crippen LogP contribution in [0.3, 0.4) is 0 Å². The average molecular weight is 216 g/mol. The lowest BCUT2D eigenvalue weighted by Crippen LogP contribution is -2.07. The van der Waals surface area contributed by atoms with E-state index >= 15 is 0 Å². The first-order valence-electron chi connectivity index (χ1n) is 4.18. The lowest BCUT2D eigenvalue weighted by atomic mass is 9.99. The van der Waals surface area contributed by atoms with Gasteiger partial charge in [0.2, 0.25) is 0 Å². The largest absolute Gasteiger partial charge is 0.416 e. The predicted molar refractivity (Wildman–Crippen MR) is 48.7 cm³/mol.